The van der Waals surface area contributed by atoms with Crippen molar-refractivity contribution in [2.24, 2.45) is 0 Å². The molecule has 0 heterocycles. The second-order valence-electron chi connectivity index (χ2n) is 4.53. The van der Waals surface area contributed by atoms with Crippen LogP contribution in [0.3, 0.4) is 0 Å². The molecule has 0 aromatic heterocycles. The van der Waals surface area contributed by atoms with E-state index in [1.807, 2.05) is 13.8 Å². The Morgan fingerprint density at radius 3 is 2.37 bits per heavy atom. The Morgan fingerprint density at radius 1 is 1.32 bits per heavy atom. The molecule has 0 unspecified atom stereocenters. The molecule has 0 bridgehead atoms. The minimum absolute atomic E-state index is 0.0643. The topological polar surface area (TPSA) is 83.5 Å². The van der Waals surface area contributed by atoms with E-state index in [9.17, 15) is 13.2 Å². The lowest BCUT2D eigenvalue weighted by Crippen LogP contribution is -2.38. The molecule has 0 saturated heterocycles. The van der Waals surface area contributed by atoms with Crippen LogP contribution in [0.15, 0.2) is 23.1 Å². The summed E-state index contributed by atoms with van der Waals surface area (Å²) in [6.45, 7) is 5.10. The summed E-state index contributed by atoms with van der Waals surface area (Å²) in [7, 11) is -3.95. The first-order valence-corrected chi connectivity index (χ1v) is 7.56. The maximum absolute atomic E-state index is 12.1. The van der Waals surface area contributed by atoms with Crippen LogP contribution in [0.1, 0.15) is 32.3 Å². The average molecular weight is 306 g/mol. The largest absolute Gasteiger partial charge is 0.480 e. The van der Waals surface area contributed by atoms with Gasteiger partial charge in [-0.3, -0.25) is 4.79 Å². The Morgan fingerprint density at radius 2 is 1.89 bits per heavy atom. The van der Waals surface area contributed by atoms with Gasteiger partial charge in [-0.1, -0.05) is 31.5 Å². The molecule has 7 heteroatoms. The van der Waals surface area contributed by atoms with Gasteiger partial charge in [-0.05, 0) is 30.5 Å². The normalized spacial score (nSPS) is 13.5. The van der Waals surface area contributed by atoms with Crippen LogP contribution in [-0.4, -0.2) is 25.5 Å². The van der Waals surface area contributed by atoms with Gasteiger partial charge in [0.15, 0.2) is 0 Å². The van der Waals surface area contributed by atoms with Crippen molar-refractivity contribution in [1.82, 2.24) is 4.72 Å². The minimum atomic E-state index is -3.95. The van der Waals surface area contributed by atoms with Crippen molar-refractivity contribution in [3.8, 4) is 0 Å². The van der Waals surface area contributed by atoms with E-state index in [0.717, 1.165) is 5.56 Å². The number of carboxylic acids is 1. The molecular formula is C12H16ClNO4S. The number of aliphatic carboxylic acids is 1. The number of rotatable bonds is 5. The van der Waals surface area contributed by atoms with E-state index in [-0.39, 0.29) is 15.8 Å². The molecular weight excluding hydrogens is 290 g/mol. The van der Waals surface area contributed by atoms with Crippen LogP contribution in [-0.2, 0) is 14.8 Å². The van der Waals surface area contributed by atoms with Gasteiger partial charge in [0.2, 0.25) is 10.0 Å². The fourth-order valence-corrected chi connectivity index (χ4v) is 3.16. The van der Waals surface area contributed by atoms with Crippen LogP contribution in [0, 0.1) is 0 Å². The Labute approximate surface area is 117 Å². The van der Waals surface area contributed by atoms with E-state index in [1.165, 1.54) is 19.1 Å². The van der Waals surface area contributed by atoms with Crippen molar-refractivity contribution < 1.29 is 18.3 Å². The quantitative estimate of drug-likeness (QED) is 0.873. The van der Waals surface area contributed by atoms with Gasteiger partial charge in [0.05, 0.1) is 5.02 Å². The number of benzene rings is 1. The Hall–Kier alpha value is -1.11. The first kappa shape index (κ1) is 15.9. The predicted octanol–water partition coefficient (Wildman–Crippen LogP) is 2.21. The summed E-state index contributed by atoms with van der Waals surface area (Å²) in [6.07, 6.45) is 0. The Kier molecular flexibility index (Phi) is 4.95. The molecule has 0 fully saturated rings. The molecule has 0 amide bonds. The molecule has 0 aliphatic carbocycles. The third-order valence-corrected chi connectivity index (χ3v) is 4.64. The molecule has 1 aromatic rings. The molecule has 106 valence electrons. The second-order valence-corrected chi connectivity index (χ2v) is 6.62. The third-order valence-electron chi connectivity index (χ3n) is 2.61. The van der Waals surface area contributed by atoms with Crippen molar-refractivity contribution in [1.29, 1.82) is 0 Å². The number of hydrogen-bond donors (Lipinski definition) is 2. The van der Waals surface area contributed by atoms with Gasteiger partial charge in [0, 0.05) is 0 Å². The second kappa shape index (κ2) is 5.90. The van der Waals surface area contributed by atoms with Crippen LogP contribution >= 0.6 is 11.6 Å². The highest BCUT2D eigenvalue weighted by Gasteiger charge is 2.24. The summed E-state index contributed by atoms with van der Waals surface area (Å²) in [5, 5.41) is 8.81. The highest BCUT2D eigenvalue weighted by atomic mass is 35.5. The number of hydrogen-bond acceptors (Lipinski definition) is 3. The summed E-state index contributed by atoms with van der Waals surface area (Å²) in [5.41, 5.74) is 0.813. The highest BCUT2D eigenvalue weighted by molar-refractivity contribution is 7.89. The van der Waals surface area contributed by atoms with Crippen molar-refractivity contribution in [2.45, 2.75) is 37.6 Å². The molecule has 0 aliphatic heterocycles. The van der Waals surface area contributed by atoms with Crippen LogP contribution in [0.5, 0.6) is 0 Å². The van der Waals surface area contributed by atoms with Crippen LogP contribution in [0.4, 0.5) is 0 Å². The minimum Gasteiger partial charge on any atom is -0.480 e. The van der Waals surface area contributed by atoms with Crippen molar-refractivity contribution >= 4 is 27.6 Å². The van der Waals surface area contributed by atoms with Gasteiger partial charge in [0.25, 0.3) is 0 Å². The Bertz CT molecular complexity index is 583. The lowest BCUT2D eigenvalue weighted by molar-refractivity contribution is -0.138. The molecule has 1 aromatic carbocycles. The summed E-state index contributed by atoms with van der Waals surface area (Å²) in [4.78, 5) is 10.6. The zero-order chi connectivity index (χ0) is 14.8. The van der Waals surface area contributed by atoms with E-state index in [0.29, 0.717) is 0 Å². The standard InChI is InChI=1S/C12H16ClNO4S/c1-7(2)9-4-5-10(13)11(6-9)19(17,18)14-8(3)12(15)16/h4-8,14H,1-3H3,(H,15,16)/t8-/m0/s1. The first-order valence-electron chi connectivity index (χ1n) is 5.69. The van der Waals surface area contributed by atoms with Crippen molar-refractivity contribution in [3.05, 3.63) is 28.8 Å². The molecule has 0 radical (unpaired) electrons. The maximum atomic E-state index is 12.1. The van der Waals surface area contributed by atoms with E-state index in [1.54, 1.807) is 6.07 Å². The number of carbonyl (C=O) groups is 1. The van der Waals surface area contributed by atoms with Crippen molar-refractivity contribution in [3.63, 3.8) is 0 Å². The number of nitrogens with one attached hydrogen (secondary N) is 1. The Balaban J connectivity index is 3.21. The number of halogens is 1. The van der Waals surface area contributed by atoms with Gasteiger partial charge in [-0.25, -0.2) is 8.42 Å². The lowest BCUT2D eigenvalue weighted by Gasteiger charge is -2.13. The lowest BCUT2D eigenvalue weighted by atomic mass is 10.0. The van der Waals surface area contributed by atoms with Crippen LogP contribution < -0.4 is 4.72 Å². The highest BCUT2D eigenvalue weighted by Crippen LogP contribution is 2.26. The van der Waals surface area contributed by atoms with Gasteiger partial charge >= 0.3 is 5.97 Å². The molecule has 19 heavy (non-hydrogen) atoms. The van der Waals surface area contributed by atoms with E-state index >= 15 is 0 Å². The monoisotopic (exact) mass is 305 g/mol. The average Bonchev–Trinajstić information content (AvgIpc) is 2.28. The summed E-state index contributed by atoms with van der Waals surface area (Å²) in [5.74, 6) is -1.11. The van der Waals surface area contributed by atoms with E-state index in [4.69, 9.17) is 16.7 Å². The molecule has 5 nitrogen and oxygen atoms in total. The molecule has 0 spiro atoms. The molecule has 0 saturated carbocycles. The van der Waals surface area contributed by atoms with E-state index in [2.05, 4.69) is 4.72 Å². The van der Waals surface area contributed by atoms with Crippen LogP contribution in [0.25, 0.3) is 0 Å². The predicted molar refractivity (Wildman–Crippen MR) is 73.0 cm³/mol. The molecule has 0 aliphatic rings. The van der Waals surface area contributed by atoms with E-state index < -0.39 is 22.0 Å². The zero-order valence-corrected chi connectivity index (χ0v) is 12.4. The fraction of sp³-hybridized carbons (Fsp3) is 0.417. The third kappa shape index (κ3) is 3.92. The summed E-state index contributed by atoms with van der Waals surface area (Å²) in [6, 6.07) is 3.48. The van der Waals surface area contributed by atoms with Crippen molar-refractivity contribution in [2.75, 3.05) is 0 Å². The molecule has 2 N–H and O–H groups in total. The van der Waals surface area contributed by atoms with Gasteiger partial charge in [0.1, 0.15) is 10.9 Å². The smallest absolute Gasteiger partial charge is 0.321 e. The maximum Gasteiger partial charge on any atom is 0.321 e. The zero-order valence-electron chi connectivity index (χ0n) is 10.8. The summed E-state index contributed by atoms with van der Waals surface area (Å²) < 4.78 is 26.2. The van der Waals surface area contributed by atoms with Gasteiger partial charge in [-0.2, -0.15) is 4.72 Å². The van der Waals surface area contributed by atoms with Gasteiger partial charge in [-0.15, -0.1) is 0 Å². The first-order chi connectivity index (χ1) is 8.65. The molecule has 1 atom stereocenters. The fourth-order valence-electron chi connectivity index (χ4n) is 1.43. The summed E-state index contributed by atoms with van der Waals surface area (Å²) >= 11 is 5.88. The number of sulfonamides is 1. The SMILES string of the molecule is CC(C)c1ccc(Cl)c(S(=O)(=O)N[C@@H](C)C(=O)O)c1. The number of carboxylic acid groups (broad SMARTS) is 1. The molecule has 1 rings (SSSR count). The van der Waals surface area contributed by atoms with Crippen LogP contribution in [0.2, 0.25) is 5.02 Å². The van der Waals surface area contributed by atoms with Gasteiger partial charge < -0.3 is 5.11 Å².